The molecule has 1 aromatic rings. The molecule has 0 saturated carbocycles. The second-order valence-electron chi connectivity index (χ2n) is 1.98. The van der Waals surface area contributed by atoms with Crippen molar-refractivity contribution in [1.82, 2.24) is 0 Å². The average molecular weight is 154 g/mol. The first-order valence-corrected chi connectivity index (χ1v) is 3.62. The summed E-state index contributed by atoms with van der Waals surface area (Å²) in [6.45, 7) is 1.95. The first-order chi connectivity index (χ1) is 4.83. The Hall–Kier alpha value is -0.880. The summed E-state index contributed by atoms with van der Waals surface area (Å²) >= 11 is 0. The minimum absolute atomic E-state index is 0.302. The van der Waals surface area contributed by atoms with Gasteiger partial charge in [-0.1, -0.05) is 12.1 Å². The maximum Gasteiger partial charge on any atom is 0.395 e. The zero-order valence-corrected chi connectivity index (χ0v) is 6.47. The van der Waals surface area contributed by atoms with Crippen molar-refractivity contribution in [2.24, 2.45) is 0 Å². The first kappa shape index (κ1) is 7.23. The second-order valence-corrected chi connectivity index (χ2v) is 2.31. The van der Waals surface area contributed by atoms with E-state index in [9.17, 15) is 4.57 Å². The van der Waals surface area contributed by atoms with Crippen molar-refractivity contribution in [1.29, 1.82) is 0 Å². The molecule has 3 heteroatoms. The minimum atomic E-state index is -0.302. The predicted octanol–water partition coefficient (Wildman–Crippen LogP) is 2.58. The molecular formula is C7H7O2P. The standard InChI is InChI=1S/C7H7O2P/c1-6-3-2-4-7(5-6)9-10-8/h2-5H,1H3. The summed E-state index contributed by atoms with van der Waals surface area (Å²) in [4.78, 5) is 0. The van der Waals surface area contributed by atoms with Crippen LogP contribution in [-0.4, -0.2) is 0 Å². The fourth-order valence-corrected chi connectivity index (χ4v) is 0.915. The first-order valence-electron chi connectivity index (χ1n) is 2.89. The quantitative estimate of drug-likeness (QED) is 0.612. The van der Waals surface area contributed by atoms with Gasteiger partial charge in [0.2, 0.25) is 0 Å². The molecule has 0 fully saturated rings. The lowest BCUT2D eigenvalue weighted by Crippen LogP contribution is -1.75. The Morgan fingerprint density at radius 3 is 2.90 bits per heavy atom. The van der Waals surface area contributed by atoms with Crippen molar-refractivity contribution in [2.45, 2.75) is 6.92 Å². The van der Waals surface area contributed by atoms with Gasteiger partial charge in [0.15, 0.2) is 0 Å². The molecule has 0 spiro atoms. The van der Waals surface area contributed by atoms with E-state index < -0.39 is 0 Å². The molecule has 0 bridgehead atoms. The van der Waals surface area contributed by atoms with E-state index in [4.69, 9.17) is 4.52 Å². The lowest BCUT2D eigenvalue weighted by atomic mass is 10.2. The summed E-state index contributed by atoms with van der Waals surface area (Å²) in [5.41, 5.74) is 1.10. The van der Waals surface area contributed by atoms with Crippen LogP contribution in [0, 0.1) is 6.92 Å². The Morgan fingerprint density at radius 1 is 1.50 bits per heavy atom. The normalized spacial score (nSPS) is 9.70. The lowest BCUT2D eigenvalue weighted by Gasteiger charge is -1.95. The van der Waals surface area contributed by atoms with Crippen molar-refractivity contribution in [3.05, 3.63) is 29.8 Å². The van der Waals surface area contributed by atoms with E-state index >= 15 is 0 Å². The van der Waals surface area contributed by atoms with Gasteiger partial charge in [-0.25, -0.2) is 4.57 Å². The van der Waals surface area contributed by atoms with Gasteiger partial charge in [0.25, 0.3) is 0 Å². The molecular weight excluding hydrogens is 147 g/mol. The zero-order chi connectivity index (χ0) is 7.40. The van der Waals surface area contributed by atoms with Gasteiger partial charge in [-0.05, 0) is 24.6 Å². The molecule has 0 aliphatic rings. The van der Waals surface area contributed by atoms with Crippen LogP contribution in [0.4, 0.5) is 0 Å². The highest BCUT2D eigenvalue weighted by Gasteiger charge is 1.90. The Labute approximate surface area is 61.1 Å². The molecule has 52 valence electrons. The third-order valence-electron chi connectivity index (χ3n) is 1.13. The molecule has 0 N–H and O–H groups in total. The van der Waals surface area contributed by atoms with E-state index in [0.29, 0.717) is 5.75 Å². The van der Waals surface area contributed by atoms with Crippen LogP contribution < -0.4 is 4.52 Å². The van der Waals surface area contributed by atoms with Gasteiger partial charge in [0.1, 0.15) is 5.75 Å². The van der Waals surface area contributed by atoms with Crippen LogP contribution in [0.3, 0.4) is 0 Å². The summed E-state index contributed by atoms with van der Waals surface area (Å²) in [5, 5.41) is 0. The van der Waals surface area contributed by atoms with Crippen LogP contribution >= 0.6 is 8.69 Å². The molecule has 0 aromatic heterocycles. The maximum atomic E-state index is 9.96. The molecule has 0 saturated heterocycles. The highest BCUT2D eigenvalue weighted by atomic mass is 31.1. The largest absolute Gasteiger partial charge is 0.408 e. The van der Waals surface area contributed by atoms with Gasteiger partial charge in [-0.3, -0.25) is 0 Å². The molecule has 0 atom stereocenters. The van der Waals surface area contributed by atoms with Crippen LogP contribution in [-0.2, 0) is 4.57 Å². The number of hydrogen-bond acceptors (Lipinski definition) is 2. The Balaban J connectivity index is 2.84. The third-order valence-corrected chi connectivity index (χ3v) is 1.42. The fourth-order valence-electron chi connectivity index (χ4n) is 0.715. The molecule has 1 aromatic carbocycles. The molecule has 0 unspecified atom stereocenters. The van der Waals surface area contributed by atoms with Gasteiger partial charge in [0.05, 0.1) is 0 Å². The summed E-state index contributed by atoms with van der Waals surface area (Å²) < 4.78 is 14.7. The summed E-state index contributed by atoms with van der Waals surface area (Å²) in [5.74, 6) is 0.636. The van der Waals surface area contributed by atoms with Crippen LogP contribution in [0.2, 0.25) is 0 Å². The van der Waals surface area contributed by atoms with Crippen molar-refractivity contribution >= 4 is 8.69 Å². The van der Waals surface area contributed by atoms with Crippen molar-refractivity contribution in [2.75, 3.05) is 0 Å². The number of rotatable bonds is 2. The summed E-state index contributed by atoms with van der Waals surface area (Å²) in [6, 6.07) is 7.40. The zero-order valence-electron chi connectivity index (χ0n) is 5.57. The van der Waals surface area contributed by atoms with E-state index in [1.807, 2.05) is 25.1 Å². The van der Waals surface area contributed by atoms with Crippen LogP contribution in [0.5, 0.6) is 5.75 Å². The van der Waals surface area contributed by atoms with Crippen LogP contribution in [0.15, 0.2) is 24.3 Å². The second kappa shape index (κ2) is 3.33. The van der Waals surface area contributed by atoms with E-state index in [1.54, 1.807) is 6.07 Å². The van der Waals surface area contributed by atoms with E-state index in [1.165, 1.54) is 0 Å². The number of benzene rings is 1. The van der Waals surface area contributed by atoms with Crippen LogP contribution in [0.1, 0.15) is 5.56 Å². The summed E-state index contributed by atoms with van der Waals surface area (Å²) in [6.07, 6.45) is 0. The number of aryl methyl sites for hydroxylation is 1. The Kier molecular flexibility index (Phi) is 2.41. The lowest BCUT2D eigenvalue weighted by molar-refractivity contribution is 0.525. The number of hydrogen-bond donors (Lipinski definition) is 0. The molecule has 0 amide bonds. The molecule has 2 nitrogen and oxygen atoms in total. The molecule has 1 rings (SSSR count). The van der Waals surface area contributed by atoms with Gasteiger partial charge in [-0.2, -0.15) is 0 Å². The van der Waals surface area contributed by atoms with E-state index in [0.717, 1.165) is 5.56 Å². The van der Waals surface area contributed by atoms with Gasteiger partial charge >= 0.3 is 8.69 Å². The highest BCUT2D eigenvalue weighted by molar-refractivity contribution is 7.17. The molecule has 0 heterocycles. The van der Waals surface area contributed by atoms with Gasteiger partial charge < -0.3 is 4.52 Å². The van der Waals surface area contributed by atoms with Gasteiger partial charge in [-0.15, -0.1) is 0 Å². The van der Waals surface area contributed by atoms with Crippen molar-refractivity contribution in [3.8, 4) is 5.75 Å². The SMILES string of the molecule is Cc1cccc(OP=O)c1. The highest BCUT2D eigenvalue weighted by Crippen LogP contribution is 2.15. The van der Waals surface area contributed by atoms with E-state index in [2.05, 4.69) is 0 Å². The molecule has 0 aliphatic carbocycles. The summed E-state index contributed by atoms with van der Waals surface area (Å²) in [7, 11) is -0.302. The molecule has 0 radical (unpaired) electrons. The van der Waals surface area contributed by atoms with E-state index in [-0.39, 0.29) is 8.69 Å². The smallest absolute Gasteiger partial charge is 0.395 e. The predicted molar refractivity (Wildman–Crippen MR) is 39.4 cm³/mol. The Morgan fingerprint density at radius 2 is 2.30 bits per heavy atom. The maximum absolute atomic E-state index is 9.96. The molecule has 10 heavy (non-hydrogen) atoms. The average Bonchev–Trinajstić information content (AvgIpc) is 1.88. The fraction of sp³-hybridized carbons (Fsp3) is 0.143. The van der Waals surface area contributed by atoms with Crippen molar-refractivity contribution < 1.29 is 9.09 Å². The topological polar surface area (TPSA) is 26.3 Å². The van der Waals surface area contributed by atoms with Crippen LogP contribution in [0.25, 0.3) is 0 Å². The Bertz CT molecular complexity index is 235. The minimum Gasteiger partial charge on any atom is -0.408 e. The third kappa shape index (κ3) is 1.82. The van der Waals surface area contributed by atoms with Gasteiger partial charge in [0, 0.05) is 0 Å². The monoisotopic (exact) mass is 154 g/mol. The molecule has 0 aliphatic heterocycles. The van der Waals surface area contributed by atoms with Crippen molar-refractivity contribution in [3.63, 3.8) is 0 Å².